The highest BCUT2D eigenvalue weighted by atomic mass is 19.1. The predicted octanol–water partition coefficient (Wildman–Crippen LogP) is 1.56. The van der Waals surface area contributed by atoms with Gasteiger partial charge in [-0.25, -0.2) is 9.18 Å². The summed E-state index contributed by atoms with van der Waals surface area (Å²) in [7, 11) is 0. The van der Waals surface area contributed by atoms with Crippen molar-refractivity contribution in [2.45, 2.75) is 45.4 Å². The molecule has 43 heavy (non-hydrogen) atoms. The van der Waals surface area contributed by atoms with Gasteiger partial charge in [-0.3, -0.25) is 24.1 Å². The van der Waals surface area contributed by atoms with Crippen LogP contribution in [0.2, 0.25) is 0 Å². The van der Waals surface area contributed by atoms with Gasteiger partial charge in [0.05, 0.1) is 30.5 Å². The molecule has 2 aliphatic rings. The van der Waals surface area contributed by atoms with Crippen LogP contribution in [-0.4, -0.2) is 85.9 Å². The Hall–Kier alpha value is -4.52. The van der Waals surface area contributed by atoms with Crippen LogP contribution in [0.15, 0.2) is 42.5 Å². The van der Waals surface area contributed by atoms with Crippen LogP contribution < -0.4 is 26.2 Å². The summed E-state index contributed by atoms with van der Waals surface area (Å²) in [5.74, 6) is -1.28. The number of piperazine rings is 1. The Morgan fingerprint density at radius 1 is 1.02 bits per heavy atom. The predicted molar refractivity (Wildman–Crippen MR) is 157 cm³/mol. The highest BCUT2D eigenvalue weighted by Crippen LogP contribution is 2.28. The number of ether oxygens (including phenoxy) is 1. The van der Waals surface area contributed by atoms with Crippen molar-refractivity contribution in [2.24, 2.45) is 5.73 Å². The number of hydrogen-bond acceptors (Lipinski definition) is 8. The van der Waals surface area contributed by atoms with Crippen molar-refractivity contribution in [3.8, 4) is 0 Å². The van der Waals surface area contributed by atoms with Gasteiger partial charge in [-0.1, -0.05) is 24.3 Å². The summed E-state index contributed by atoms with van der Waals surface area (Å²) < 4.78 is 20.4. The molecule has 2 aromatic carbocycles. The van der Waals surface area contributed by atoms with Crippen molar-refractivity contribution >= 4 is 41.0 Å². The second kappa shape index (κ2) is 14.1. The summed E-state index contributed by atoms with van der Waals surface area (Å²) in [6, 6.07) is 10.8. The third kappa shape index (κ3) is 8.28. The molecule has 0 aliphatic carbocycles. The maximum Gasteiger partial charge on any atom is 0.414 e. The summed E-state index contributed by atoms with van der Waals surface area (Å²) >= 11 is 0. The number of nitrogens with zero attached hydrogens (tertiary/aromatic N) is 3. The van der Waals surface area contributed by atoms with Gasteiger partial charge in [0.1, 0.15) is 11.9 Å². The topological polar surface area (TPSA) is 154 Å². The third-order valence-corrected chi connectivity index (χ3v) is 7.39. The van der Waals surface area contributed by atoms with Gasteiger partial charge in [0, 0.05) is 58.1 Å². The number of nitrogens with two attached hydrogens (primary N) is 1. The van der Waals surface area contributed by atoms with E-state index in [0.29, 0.717) is 49.7 Å². The quantitative estimate of drug-likeness (QED) is 0.330. The Labute approximate surface area is 249 Å². The third-order valence-electron chi connectivity index (χ3n) is 7.39. The van der Waals surface area contributed by atoms with Gasteiger partial charge in [-0.15, -0.1) is 0 Å². The standard InChI is InChI=1S/C30H37FN6O6/c1-19(32)29(41)34-16-21-3-5-22(6-4-21)27(39)9-10-28(40)36-13-11-35(12-14-36)26-8-7-23(15-25(26)31)37-18-24(43-30(37)42)17-33-20(2)38/h3-8,15,19,24H,9-14,16-18,32H2,1-2H3,(H,33,38)(H,34,41)/t19-,24-/m0/s1. The second-order valence-electron chi connectivity index (χ2n) is 10.7. The van der Waals surface area contributed by atoms with E-state index in [-0.39, 0.29) is 49.4 Å². The molecule has 0 saturated carbocycles. The van der Waals surface area contributed by atoms with Crippen molar-refractivity contribution in [1.29, 1.82) is 0 Å². The molecule has 230 valence electrons. The first-order valence-corrected chi connectivity index (χ1v) is 14.2. The van der Waals surface area contributed by atoms with Crippen molar-refractivity contribution in [2.75, 3.05) is 49.1 Å². The Morgan fingerprint density at radius 2 is 1.72 bits per heavy atom. The Morgan fingerprint density at radius 3 is 2.35 bits per heavy atom. The molecule has 4 rings (SSSR count). The van der Waals surface area contributed by atoms with E-state index in [9.17, 15) is 24.0 Å². The zero-order valence-corrected chi connectivity index (χ0v) is 24.3. The maximum absolute atomic E-state index is 15.1. The number of anilines is 2. The fraction of sp³-hybridized carbons (Fsp3) is 0.433. The summed E-state index contributed by atoms with van der Waals surface area (Å²) in [6.45, 7) is 5.27. The lowest BCUT2D eigenvalue weighted by Gasteiger charge is -2.36. The lowest BCUT2D eigenvalue weighted by molar-refractivity contribution is -0.131. The first kappa shape index (κ1) is 31.4. The molecule has 4 amide bonds. The minimum Gasteiger partial charge on any atom is -0.442 e. The molecule has 0 radical (unpaired) electrons. The van der Waals surface area contributed by atoms with Crippen LogP contribution in [0.3, 0.4) is 0 Å². The minimum atomic E-state index is -0.604. The Kier molecular flexibility index (Phi) is 10.3. The molecule has 12 nitrogen and oxygen atoms in total. The average Bonchev–Trinajstić information content (AvgIpc) is 3.37. The maximum atomic E-state index is 15.1. The zero-order chi connectivity index (χ0) is 31.1. The van der Waals surface area contributed by atoms with Gasteiger partial charge in [-0.2, -0.15) is 0 Å². The first-order valence-electron chi connectivity index (χ1n) is 14.2. The second-order valence-corrected chi connectivity index (χ2v) is 10.7. The lowest BCUT2D eigenvalue weighted by atomic mass is 10.0. The van der Waals surface area contributed by atoms with E-state index in [1.165, 1.54) is 17.9 Å². The number of amides is 4. The smallest absolute Gasteiger partial charge is 0.414 e. The summed E-state index contributed by atoms with van der Waals surface area (Å²) in [5, 5.41) is 5.32. The molecule has 2 fully saturated rings. The number of Topliss-reactive ketones (excluding diaryl/α,β-unsaturated/α-hetero) is 1. The van der Waals surface area contributed by atoms with Crippen molar-refractivity contribution < 1.29 is 33.1 Å². The van der Waals surface area contributed by atoms with Crippen LogP contribution in [0.4, 0.5) is 20.6 Å². The number of halogens is 1. The van der Waals surface area contributed by atoms with Crippen molar-refractivity contribution in [3.05, 3.63) is 59.4 Å². The van der Waals surface area contributed by atoms with E-state index in [2.05, 4.69) is 10.6 Å². The number of carbonyl (C=O) groups is 5. The molecule has 13 heteroatoms. The fourth-order valence-electron chi connectivity index (χ4n) is 4.89. The number of carbonyl (C=O) groups excluding carboxylic acids is 5. The molecule has 0 aromatic heterocycles. The average molecular weight is 597 g/mol. The van der Waals surface area contributed by atoms with Crippen LogP contribution in [0.5, 0.6) is 0 Å². The molecule has 2 saturated heterocycles. The van der Waals surface area contributed by atoms with Gasteiger partial charge in [0.2, 0.25) is 17.7 Å². The van der Waals surface area contributed by atoms with Gasteiger partial charge in [0.25, 0.3) is 0 Å². The Balaban J connectivity index is 1.23. The van der Waals surface area contributed by atoms with E-state index in [1.807, 2.05) is 4.90 Å². The highest BCUT2D eigenvalue weighted by molar-refractivity contribution is 5.98. The molecule has 2 aliphatic heterocycles. The van der Waals surface area contributed by atoms with Crippen LogP contribution in [0.1, 0.15) is 42.6 Å². The summed E-state index contributed by atoms with van der Waals surface area (Å²) in [6.07, 6.45) is -0.983. The van der Waals surface area contributed by atoms with Crippen molar-refractivity contribution in [1.82, 2.24) is 15.5 Å². The highest BCUT2D eigenvalue weighted by Gasteiger charge is 2.33. The molecular formula is C30H37FN6O6. The van der Waals surface area contributed by atoms with Gasteiger partial charge >= 0.3 is 6.09 Å². The largest absolute Gasteiger partial charge is 0.442 e. The van der Waals surface area contributed by atoms with Crippen LogP contribution in [0, 0.1) is 5.82 Å². The lowest BCUT2D eigenvalue weighted by Crippen LogP contribution is -2.49. The van der Waals surface area contributed by atoms with Crippen molar-refractivity contribution in [3.63, 3.8) is 0 Å². The minimum absolute atomic E-state index is 0.0700. The number of ketones is 1. The van der Waals surface area contributed by atoms with E-state index in [1.54, 1.807) is 48.2 Å². The fourth-order valence-corrected chi connectivity index (χ4v) is 4.89. The van der Waals surface area contributed by atoms with Crippen LogP contribution in [-0.2, 0) is 25.7 Å². The Bertz CT molecular complexity index is 1360. The van der Waals surface area contributed by atoms with Crippen LogP contribution >= 0.6 is 0 Å². The van der Waals surface area contributed by atoms with E-state index in [4.69, 9.17) is 10.5 Å². The number of hydrogen-bond donors (Lipinski definition) is 3. The molecule has 2 aromatic rings. The number of rotatable bonds is 11. The molecule has 4 N–H and O–H groups in total. The van der Waals surface area contributed by atoms with E-state index in [0.717, 1.165) is 5.56 Å². The summed E-state index contributed by atoms with van der Waals surface area (Å²) in [5.41, 5.74) is 7.58. The molecule has 0 spiro atoms. The molecule has 2 heterocycles. The number of nitrogens with one attached hydrogen (secondary N) is 2. The normalized spacial score (nSPS) is 17.3. The van der Waals surface area contributed by atoms with Crippen LogP contribution in [0.25, 0.3) is 0 Å². The summed E-state index contributed by atoms with van der Waals surface area (Å²) in [4.78, 5) is 65.3. The van der Waals surface area contributed by atoms with Gasteiger partial charge in [0.15, 0.2) is 5.78 Å². The van der Waals surface area contributed by atoms with Gasteiger partial charge < -0.3 is 30.9 Å². The zero-order valence-electron chi connectivity index (χ0n) is 24.3. The molecule has 0 bridgehead atoms. The SMILES string of the molecule is CC(=O)NC[C@H]1CN(c2ccc(N3CCN(C(=O)CCC(=O)c4ccc(CNC(=O)[C@H](C)N)cc4)CC3)c(F)c2)C(=O)O1. The van der Waals surface area contributed by atoms with Gasteiger partial charge in [-0.05, 0) is 30.7 Å². The first-order chi connectivity index (χ1) is 20.5. The number of benzene rings is 2. The van der Waals surface area contributed by atoms with E-state index >= 15 is 4.39 Å². The molecule has 2 atom stereocenters. The monoisotopic (exact) mass is 596 g/mol. The van der Waals surface area contributed by atoms with E-state index < -0.39 is 24.1 Å². The molecular weight excluding hydrogens is 559 g/mol. The molecule has 0 unspecified atom stereocenters. The number of cyclic esters (lactones) is 1.